The summed E-state index contributed by atoms with van der Waals surface area (Å²) in [4.78, 5) is 35.7. The van der Waals surface area contributed by atoms with Gasteiger partial charge in [0.05, 0.1) is 7.11 Å². The number of aromatic nitrogens is 2. The lowest BCUT2D eigenvalue weighted by atomic mass is 10.1. The molecule has 2 aliphatic rings. The molecule has 0 bridgehead atoms. The van der Waals surface area contributed by atoms with Crippen LogP contribution in [0.5, 0.6) is 0 Å². The third-order valence-electron chi connectivity index (χ3n) is 4.12. The fraction of sp³-hybridized carbons (Fsp3) is 0.571. The summed E-state index contributed by atoms with van der Waals surface area (Å²) in [7, 11) is 1.39. The van der Waals surface area contributed by atoms with Gasteiger partial charge in [-0.15, -0.1) is 0 Å². The number of ketones is 1. The number of piperazine rings is 1. The minimum Gasteiger partial charge on any atom is -0.453 e. The van der Waals surface area contributed by atoms with Crippen molar-refractivity contribution in [2.45, 2.75) is 19.3 Å². The van der Waals surface area contributed by atoms with Crippen LogP contribution in [0.1, 0.15) is 35.3 Å². The Hall–Kier alpha value is -2.18. The van der Waals surface area contributed by atoms with E-state index in [0.717, 1.165) is 11.4 Å². The molecule has 0 unspecified atom stereocenters. The third-order valence-corrected chi connectivity index (χ3v) is 4.12. The standard InChI is InChI=1S/C14H18N4O3/c1-9-7-10(19)12-11(9)13(16-8-15-12)17-3-5-18(6-4-17)14(20)21-2/h8-9H,3-7H2,1-2H3/t9-/m1/s1. The van der Waals surface area contributed by atoms with Gasteiger partial charge < -0.3 is 14.5 Å². The van der Waals surface area contributed by atoms with Crippen LogP contribution in [0, 0.1) is 0 Å². The van der Waals surface area contributed by atoms with E-state index in [1.54, 1.807) is 4.90 Å². The van der Waals surface area contributed by atoms with E-state index in [4.69, 9.17) is 4.74 Å². The first kappa shape index (κ1) is 13.8. The Balaban J connectivity index is 1.81. The van der Waals surface area contributed by atoms with Crippen molar-refractivity contribution in [2.75, 3.05) is 38.2 Å². The molecule has 1 fully saturated rings. The number of carbonyl (C=O) groups is 2. The second-order valence-electron chi connectivity index (χ2n) is 5.43. The monoisotopic (exact) mass is 290 g/mol. The summed E-state index contributed by atoms with van der Waals surface area (Å²) in [6, 6.07) is 0. The highest BCUT2D eigenvalue weighted by Gasteiger charge is 2.33. The number of hydrogen-bond donors (Lipinski definition) is 0. The molecule has 21 heavy (non-hydrogen) atoms. The summed E-state index contributed by atoms with van der Waals surface area (Å²) in [5.41, 5.74) is 1.51. The Bertz CT molecular complexity index is 582. The van der Waals surface area contributed by atoms with Gasteiger partial charge in [0.25, 0.3) is 0 Å². The second kappa shape index (κ2) is 5.31. The summed E-state index contributed by atoms with van der Waals surface area (Å²) in [5, 5.41) is 0. The average molecular weight is 290 g/mol. The summed E-state index contributed by atoms with van der Waals surface area (Å²) in [6.07, 6.45) is 1.66. The molecule has 1 aromatic heterocycles. The molecule has 1 amide bonds. The molecule has 7 nitrogen and oxygen atoms in total. The van der Waals surface area contributed by atoms with Crippen LogP contribution in [0.4, 0.5) is 10.6 Å². The van der Waals surface area contributed by atoms with Gasteiger partial charge >= 0.3 is 6.09 Å². The minimum absolute atomic E-state index is 0.0920. The number of fused-ring (bicyclic) bond motifs is 1. The van der Waals surface area contributed by atoms with Gasteiger partial charge in [-0.2, -0.15) is 0 Å². The zero-order valence-corrected chi connectivity index (χ0v) is 12.2. The van der Waals surface area contributed by atoms with Crippen molar-refractivity contribution in [3.05, 3.63) is 17.6 Å². The number of carbonyl (C=O) groups excluding carboxylic acids is 2. The Morgan fingerprint density at radius 3 is 2.67 bits per heavy atom. The fourth-order valence-electron chi connectivity index (χ4n) is 3.02. The van der Waals surface area contributed by atoms with Crippen molar-refractivity contribution in [1.29, 1.82) is 0 Å². The predicted octanol–water partition coefficient (Wildman–Crippen LogP) is 1.05. The van der Waals surface area contributed by atoms with E-state index in [9.17, 15) is 9.59 Å². The number of anilines is 1. The molecule has 1 atom stereocenters. The number of ether oxygens (including phenoxy) is 1. The molecule has 1 aliphatic heterocycles. The molecule has 7 heteroatoms. The smallest absolute Gasteiger partial charge is 0.409 e. The van der Waals surface area contributed by atoms with Crippen LogP contribution < -0.4 is 4.90 Å². The van der Waals surface area contributed by atoms with E-state index in [1.165, 1.54) is 13.4 Å². The summed E-state index contributed by atoms with van der Waals surface area (Å²) >= 11 is 0. The number of hydrogen-bond acceptors (Lipinski definition) is 6. The number of amides is 1. The van der Waals surface area contributed by atoms with Gasteiger partial charge in [0.2, 0.25) is 0 Å². The first-order valence-corrected chi connectivity index (χ1v) is 7.07. The summed E-state index contributed by atoms with van der Waals surface area (Å²) in [5.74, 6) is 1.08. The first-order valence-electron chi connectivity index (χ1n) is 7.07. The van der Waals surface area contributed by atoms with Gasteiger partial charge in [0.15, 0.2) is 5.78 Å². The van der Waals surface area contributed by atoms with Crippen LogP contribution in [0.2, 0.25) is 0 Å². The van der Waals surface area contributed by atoms with Crippen LogP contribution in [0.15, 0.2) is 6.33 Å². The molecule has 3 rings (SSSR count). The molecular weight excluding hydrogens is 272 g/mol. The van der Waals surface area contributed by atoms with E-state index >= 15 is 0 Å². The zero-order valence-electron chi connectivity index (χ0n) is 12.2. The topological polar surface area (TPSA) is 75.6 Å². The lowest BCUT2D eigenvalue weighted by molar-refractivity contribution is 0.0986. The van der Waals surface area contributed by atoms with E-state index in [1.807, 2.05) is 6.92 Å². The molecule has 0 aromatic carbocycles. The van der Waals surface area contributed by atoms with Crippen molar-refractivity contribution in [3.8, 4) is 0 Å². The van der Waals surface area contributed by atoms with Crippen LogP contribution in [0.25, 0.3) is 0 Å². The number of rotatable bonds is 1. The maximum absolute atomic E-state index is 11.9. The highest BCUT2D eigenvalue weighted by Crippen LogP contribution is 2.37. The van der Waals surface area contributed by atoms with Gasteiger partial charge in [-0.05, 0) is 5.92 Å². The van der Waals surface area contributed by atoms with Crippen LogP contribution in [0.3, 0.4) is 0 Å². The maximum atomic E-state index is 11.9. The number of nitrogens with zero attached hydrogens (tertiary/aromatic N) is 4. The van der Waals surface area contributed by atoms with Crippen molar-refractivity contribution < 1.29 is 14.3 Å². The summed E-state index contributed by atoms with van der Waals surface area (Å²) in [6.45, 7) is 4.57. The number of methoxy groups -OCH3 is 1. The molecule has 0 N–H and O–H groups in total. The van der Waals surface area contributed by atoms with Gasteiger partial charge in [-0.25, -0.2) is 14.8 Å². The first-order chi connectivity index (χ1) is 10.1. The van der Waals surface area contributed by atoms with Gasteiger partial charge in [0, 0.05) is 38.2 Å². The Morgan fingerprint density at radius 2 is 2.00 bits per heavy atom. The molecule has 1 aliphatic carbocycles. The van der Waals surface area contributed by atoms with Crippen molar-refractivity contribution in [2.24, 2.45) is 0 Å². The fourth-order valence-corrected chi connectivity index (χ4v) is 3.02. The minimum atomic E-state index is -0.300. The number of Topliss-reactive ketones (excluding diaryl/α,β-unsaturated/α-hetero) is 1. The van der Waals surface area contributed by atoms with Gasteiger partial charge in [-0.1, -0.05) is 6.92 Å². The van der Waals surface area contributed by atoms with E-state index in [-0.39, 0.29) is 17.8 Å². The highest BCUT2D eigenvalue weighted by molar-refractivity contribution is 6.00. The lowest BCUT2D eigenvalue weighted by Crippen LogP contribution is -2.49. The largest absolute Gasteiger partial charge is 0.453 e. The molecule has 0 radical (unpaired) electrons. The summed E-state index contributed by atoms with van der Waals surface area (Å²) < 4.78 is 4.73. The van der Waals surface area contributed by atoms with Gasteiger partial charge in [-0.3, -0.25) is 4.79 Å². The Labute approximate surface area is 122 Å². The van der Waals surface area contributed by atoms with Crippen LogP contribution in [-0.4, -0.2) is 60.0 Å². The second-order valence-corrected chi connectivity index (χ2v) is 5.43. The SMILES string of the molecule is COC(=O)N1CCN(c2ncnc3c2[C@H](C)CC3=O)CC1. The Kier molecular flexibility index (Phi) is 3.48. The highest BCUT2D eigenvalue weighted by atomic mass is 16.5. The maximum Gasteiger partial charge on any atom is 0.409 e. The molecule has 112 valence electrons. The average Bonchev–Trinajstić information content (AvgIpc) is 2.82. The molecule has 0 spiro atoms. The Morgan fingerprint density at radius 1 is 1.29 bits per heavy atom. The van der Waals surface area contributed by atoms with E-state index in [2.05, 4.69) is 14.9 Å². The molecule has 1 saturated heterocycles. The predicted molar refractivity (Wildman–Crippen MR) is 75.6 cm³/mol. The quantitative estimate of drug-likeness (QED) is 0.769. The van der Waals surface area contributed by atoms with Crippen molar-refractivity contribution >= 4 is 17.7 Å². The normalized spacial score (nSPS) is 21.4. The van der Waals surface area contributed by atoms with Crippen molar-refractivity contribution in [1.82, 2.24) is 14.9 Å². The molecule has 1 aromatic rings. The lowest BCUT2D eigenvalue weighted by Gasteiger charge is -2.35. The van der Waals surface area contributed by atoms with Crippen molar-refractivity contribution in [3.63, 3.8) is 0 Å². The molecule has 0 saturated carbocycles. The zero-order chi connectivity index (χ0) is 15.0. The molecule has 2 heterocycles. The van der Waals surface area contributed by atoms with Crippen LogP contribution >= 0.6 is 0 Å². The van der Waals surface area contributed by atoms with Gasteiger partial charge in [0.1, 0.15) is 17.8 Å². The van der Waals surface area contributed by atoms with E-state index in [0.29, 0.717) is 38.3 Å². The third kappa shape index (κ3) is 2.32. The molecular formula is C14H18N4O3. The van der Waals surface area contributed by atoms with Crippen LogP contribution in [-0.2, 0) is 4.74 Å². The van der Waals surface area contributed by atoms with E-state index < -0.39 is 0 Å².